The quantitative estimate of drug-likeness (QED) is 0.492. The van der Waals surface area contributed by atoms with Crippen molar-refractivity contribution in [1.82, 2.24) is 9.38 Å². The Bertz CT molecular complexity index is 1300. The molecule has 0 bridgehead atoms. The van der Waals surface area contributed by atoms with Crippen LogP contribution in [0.25, 0.3) is 5.65 Å². The number of nitrogens with zero attached hydrogens (tertiary/aromatic N) is 2. The first-order chi connectivity index (χ1) is 14.4. The number of nitrogens with one attached hydrogen (secondary N) is 1. The number of carbonyl (C=O) groups excluding carboxylic acids is 2. The lowest BCUT2D eigenvalue weighted by Gasteiger charge is -2.06. The van der Waals surface area contributed by atoms with Gasteiger partial charge in [-0.2, -0.15) is 0 Å². The monoisotopic (exact) mass is 423 g/mol. The fourth-order valence-corrected chi connectivity index (χ4v) is 3.83. The first kappa shape index (κ1) is 19.6. The van der Waals surface area contributed by atoms with Crippen LogP contribution < -0.4 is 10.9 Å². The number of aryl methyl sites for hydroxylation is 2. The number of ether oxygens (including phenoxy) is 1. The number of hydrogen-bond acceptors (Lipinski definition) is 7. The molecular formula is C21H17N3O5S. The Morgan fingerprint density at radius 1 is 1.23 bits per heavy atom. The van der Waals surface area contributed by atoms with Crippen LogP contribution in [0.2, 0.25) is 0 Å². The molecule has 0 atom stereocenters. The topological polar surface area (TPSA) is 103 Å². The van der Waals surface area contributed by atoms with Crippen LogP contribution >= 0.6 is 11.3 Å². The number of rotatable bonds is 5. The molecule has 1 amide bonds. The summed E-state index contributed by atoms with van der Waals surface area (Å²) in [5.74, 6) is -0.784. The Labute approximate surface area is 174 Å². The standard InChI is InChI=1S/C21H17N3O5S/c1-12-5-6-16-22-14(9-18(25)24(16)10-12)11-29-21(27)19-13(2)8-17(30-19)23-20(26)15-4-3-7-28-15/h3-10H,11H2,1-2H3,(H,23,26). The summed E-state index contributed by atoms with van der Waals surface area (Å²) in [5.41, 5.74) is 2.20. The number of aromatic nitrogens is 2. The van der Waals surface area contributed by atoms with Gasteiger partial charge in [0.05, 0.1) is 17.0 Å². The van der Waals surface area contributed by atoms with Gasteiger partial charge in [-0.15, -0.1) is 11.3 Å². The van der Waals surface area contributed by atoms with Crippen molar-refractivity contribution >= 4 is 33.9 Å². The molecule has 0 aliphatic rings. The van der Waals surface area contributed by atoms with E-state index in [2.05, 4.69) is 10.3 Å². The fraction of sp³-hybridized carbons (Fsp3) is 0.143. The average molecular weight is 423 g/mol. The minimum Gasteiger partial charge on any atom is -0.459 e. The third-order valence-electron chi connectivity index (χ3n) is 4.30. The van der Waals surface area contributed by atoms with E-state index in [9.17, 15) is 14.4 Å². The summed E-state index contributed by atoms with van der Waals surface area (Å²) in [5, 5.41) is 3.19. The van der Waals surface area contributed by atoms with Crippen molar-refractivity contribution in [3.8, 4) is 0 Å². The van der Waals surface area contributed by atoms with Gasteiger partial charge < -0.3 is 14.5 Å². The number of esters is 1. The van der Waals surface area contributed by atoms with Gasteiger partial charge in [0.1, 0.15) is 17.1 Å². The molecule has 4 heterocycles. The summed E-state index contributed by atoms with van der Waals surface area (Å²) in [6.45, 7) is 3.50. The van der Waals surface area contributed by atoms with E-state index in [0.29, 0.717) is 26.8 Å². The van der Waals surface area contributed by atoms with E-state index < -0.39 is 11.9 Å². The number of amides is 1. The van der Waals surface area contributed by atoms with Crippen molar-refractivity contribution in [1.29, 1.82) is 0 Å². The summed E-state index contributed by atoms with van der Waals surface area (Å²) < 4.78 is 11.8. The molecule has 0 saturated heterocycles. The third kappa shape index (κ3) is 4.01. The molecule has 0 aromatic carbocycles. The molecule has 4 aromatic heterocycles. The minimum absolute atomic E-state index is 0.135. The van der Waals surface area contributed by atoms with Crippen molar-refractivity contribution < 1.29 is 18.7 Å². The van der Waals surface area contributed by atoms with E-state index in [1.807, 2.05) is 13.0 Å². The largest absolute Gasteiger partial charge is 0.459 e. The van der Waals surface area contributed by atoms with E-state index >= 15 is 0 Å². The number of carbonyl (C=O) groups is 2. The van der Waals surface area contributed by atoms with E-state index in [0.717, 1.165) is 16.9 Å². The van der Waals surface area contributed by atoms with Crippen LogP contribution in [0, 0.1) is 13.8 Å². The number of pyridine rings is 1. The molecule has 0 aliphatic carbocycles. The zero-order valence-corrected chi connectivity index (χ0v) is 17.0. The van der Waals surface area contributed by atoms with Crippen molar-refractivity contribution in [2.24, 2.45) is 0 Å². The molecule has 9 heteroatoms. The highest BCUT2D eigenvalue weighted by Gasteiger charge is 2.18. The number of thiophene rings is 1. The maximum Gasteiger partial charge on any atom is 0.349 e. The van der Waals surface area contributed by atoms with Gasteiger partial charge in [0.25, 0.3) is 11.5 Å². The number of furan rings is 1. The highest BCUT2D eigenvalue weighted by atomic mass is 32.1. The van der Waals surface area contributed by atoms with Gasteiger partial charge in [-0.3, -0.25) is 14.0 Å². The summed E-state index contributed by atoms with van der Waals surface area (Å²) >= 11 is 1.10. The summed E-state index contributed by atoms with van der Waals surface area (Å²) in [4.78, 5) is 41.6. The molecule has 30 heavy (non-hydrogen) atoms. The molecule has 1 N–H and O–H groups in total. The lowest BCUT2D eigenvalue weighted by atomic mass is 10.3. The maximum atomic E-state index is 12.5. The Kier molecular flexibility index (Phi) is 5.20. The van der Waals surface area contributed by atoms with Crippen molar-refractivity contribution in [3.05, 3.63) is 86.7 Å². The first-order valence-corrected chi connectivity index (χ1v) is 9.84. The number of fused-ring (bicyclic) bond motifs is 1. The molecule has 0 fully saturated rings. The van der Waals surface area contributed by atoms with Crippen LogP contribution in [0.4, 0.5) is 5.00 Å². The lowest BCUT2D eigenvalue weighted by Crippen LogP contribution is -2.16. The molecule has 0 saturated carbocycles. The van der Waals surface area contributed by atoms with Gasteiger partial charge in [0.15, 0.2) is 5.76 Å². The summed E-state index contributed by atoms with van der Waals surface area (Å²) in [6, 6.07) is 9.78. The average Bonchev–Trinajstić information content (AvgIpc) is 3.37. The van der Waals surface area contributed by atoms with Crippen LogP contribution in [-0.4, -0.2) is 21.3 Å². The predicted octanol–water partition coefficient (Wildman–Crippen LogP) is 3.58. The molecule has 0 aliphatic heterocycles. The van der Waals surface area contributed by atoms with Gasteiger partial charge in [0.2, 0.25) is 0 Å². The Hall–Kier alpha value is -3.72. The zero-order valence-electron chi connectivity index (χ0n) is 16.2. The molecule has 152 valence electrons. The predicted molar refractivity (Wildman–Crippen MR) is 111 cm³/mol. The minimum atomic E-state index is -0.554. The van der Waals surface area contributed by atoms with Gasteiger partial charge in [-0.1, -0.05) is 6.07 Å². The van der Waals surface area contributed by atoms with E-state index in [4.69, 9.17) is 9.15 Å². The van der Waals surface area contributed by atoms with E-state index in [1.54, 1.807) is 37.4 Å². The summed E-state index contributed by atoms with van der Waals surface area (Å²) in [6.07, 6.45) is 3.11. The number of anilines is 1. The molecule has 4 rings (SSSR count). The Balaban J connectivity index is 1.46. The van der Waals surface area contributed by atoms with Crippen LogP contribution in [0.1, 0.15) is 37.0 Å². The van der Waals surface area contributed by atoms with Gasteiger partial charge in [-0.05, 0) is 49.2 Å². The normalized spacial score (nSPS) is 10.9. The lowest BCUT2D eigenvalue weighted by molar-refractivity contribution is 0.0472. The summed E-state index contributed by atoms with van der Waals surface area (Å²) in [7, 11) is 0. The molecule has 0 spiro atoms. The second-order valence-corrected chi connectivity index (χ2v) is 7.70. The Morgan fingerprint density at radius 3 is 2.83 bits per heavy atom. The zero-order chi connectivity index (χ0) is 21.3. The highest BCUT2D eigenvalue weighted by molar-refractivity contribution is 7.18. The van der Waals surface area contributed by atoms with Crippen LogP contribution in [-0.2, 0) is 11.3 Å². The van der Waals surface area contributed by atoms with Crippen LogP contribution in [0.3, 0.4) is 0 Å². The van der Waals surface area contributed by atoms with Gasteiger partial charge >= 0.3 is 5.97 Å². The van der Waals surface area contributed by atoms with Crippen LogP contribution in [0.15, 0.2) is 58.1 Å². The third-order valence-corrected chi connectivity index (χ3v) is 5.43. The Morgan fingerprint density at radius 2 is 2.07 bits per heavy atom. The van der Waals surface area contributed by atoms with E-state index in [-0.39, 0.29) is 17.9 Å². The maximum absolute atomic E-state index is 12.5. The second kappa shape index (κ2) is 7.96. The van der Waals surface area contributed by atoms with Crippen molar-refractivity contribution in [2.45, 2.75) is 20.5 Å². The molecule has 0 radical (unpaired) electrons. The van der Waals surface area contributed by atoms with E-state index in [1.165, 1.54) is 16.7 Å². The fourth-order valence-electron chi connectivity index (χ4n) is 2.86. The van der Waals surface area contributed by atoms with Crippen molar-refractivity contribution in [3.63, 3.8) is 0 Å². The highest BCUT2D eigenvalue weighted by Crippen LogP contribution is 2.28. The molecule has 8 nitrogen and oxygen atoms in total. The van der Waals surface area contributed by atoms with Gasteiger partial charge in [-0.25, -0.2) is 9.78 Å². The van der Waals surface area contributed by atoms with Crippen molar-refractivity contribution in [2.75, 3.05) is 5.32 Å². The molecule has 4 aromatic rings. The molecular weight excluding hydrogens is 406 g/mol. The second-order valence-electron chi connectivity index (χ2n) is 6.65. The van der Waals surface area contributed by atoms with Crippen LogP contribution in [0.5, 0.6) is 0 Å². The first-order valence-electron chi connectivity index (χ1n) is 9.02. The van der Waals surface area contributed by atoms with Gasteiger partial charge in [0, 0.05) is 12.3 Å². The molecule has 0 unspecified atom stereocenters. The SMILES string of the molecule is Cc1ccc2nc(COC(=O)c3sc(NC(=O)c4ccco4)cc3C)cc(=O)n2c1. The smallest absolute Gasteiger partial charge is 0.349 e. The number of hydrogen-bond donors (Lipinski definition) is 1.